The minimum atomic E-state index is -0.810. The molecule has 0 amide bonds. The van der Waals surface area contributed by atoms with Gasteiger partial charge in [-0.2, -0.15) is 0 Å². The van der Waals surface area contributed by atoms with Crippen molar-refractivity contribution < 1.29 is 9.90 Å². The largest absolute Gasteiger partial charge is 0.478 e. The average molecular weight is 216 g/mol. The van der Waals surface area contributed by atoms with Gasteiger partial charge in [-0.25, -0.2) is 4.79 Å². The number of benzene rings is 1. The zero-order chi connectivity index (χ0) is 11.4. The lowest BCUT2D eigenvalue weighted by Gasteiger charge is -2.11. The number of carboxylic acid groups (broad SMARTS) is 1. The number of carboxylic acids is 1. The third-order valence-corrected chi connectivity index (χ3v) is 3.18. The molecule has 0 spiro atoms. The van der Waals surface area contributed by atoms with Gasteiger partial charge in [-0.3, -0.25) is 0 Å². The quantitative estimate of drug-likeness (QED) is 0.788. The molecule has 1 aliphatic carbocycles. The van der Waals surface area contributed by atoms with Crippen LogP contribution in [0, 0.1) is 5.92 Å². The smallest absolute Gasteiger partial charge is 0.328 e. The van der Waals surface area contributed by atoms with Gasteiger partial charge in [-0.15, -0.1) is 0 Å². The van der Waals surface area contributed by atoms with Crippen molar-refractivity contribution in [1.29, 1.82) is 0 Å². The van der Waals surface area contributed by atoms with Gasteiger partial charge in [0.25, 0.3) is 0 Å². The maximum atomic E-state index is 10.7. The zero-order valence-electron chi connectivity index (χ0n) is 9.23. The van der Waals surface area contributed by atoms with E-state index in [9.17, 15) is 4.79 Å². The molecule has 0 aliphatic heterocycles. The van der Waals surface area contributed by atoms with Gasteiger partial charge in [0.1, 0.15) is 0 Å². The van der Waals surface area contributed by atoms with Crippen molar-refractivity contribution in [1.82, 2.24) is 0 Å². The Hall–Kier alpha value is -1.57. The second-order valence-electron chi connectivity index (χ2n) is 4.34. The number of hydrogen-bond donors (Lipinski definition) is 1. The van der Waals surface area contributed by atoms with Crippen LogP contribution in [0.25, 0.3) is 0 Å². The Bertz CT molecular complexity index is 392. The standard InChI is InChI=1S/C14H16O2/c15-14(16)10-13-8-4-7-12(13)9-11-5-2-1-3-6-11/h1-3,5-6,10,12H,4,7-9H2,(H,15,16)/b13-10+. The molecule has 0 aromatic heterocycles. The summed E-state index contributed by atoms with van der Waals surface area (Å²) in [7, 11) is 0. The normalized spacial score (nSPS) is 22.5. The minimum absolute atomic E-state index is 0.429. The zero-order valence-corrected chi connectivity index (χ0v) is 9.23. The van der Waals surface area contributed by atoms with Crippen LogP contribution in [0.4, 0.5) is 0 Å². The van der Waals surface area contributed by atoms with E-state index in [2.05, 4.69) is 12.1 Å². The molecule has 1 saturated carbocycles. The number of aliphatic carboxylic acids is 1. The maximum absolute atomic E-state index is 10.7. The second kappa shape index (κ2) is 4.97. The molecule has 1 aromatic rings. The summed E-state index contributed by atoms with van der Waals surface area (Å²) < 4.78 is 0. The molecule has 2 heteroatoms. The predicted octanol–water partition coefficient (Wildman–Crippen LogP) is 3.04. The lowest BCUT2D eigenvalue weighted by Crippen LogP contribution is -2.03. The highest BCUT2D eigenvalue weighted by atomic mass is 16.4. The van der Waals surface area contributed by atoms with Crippen LogP contribution in [0.3, 0.4) is 0 Å². The van der Waals surface area contributed by atoms with E-state index < -0.39 is 5.97 Å². The van der Waals surface area contributed by atoms with Crippen molar-refractivity contribution in [2.24, 2.45) is 5.92 Å². The first-order valence-electron chi connectivity index (χ1n) is 5.73. The lowest BCUT2D eigenvalue weighted by atomic mass is 9.94. The Morgan fingerprint density at radius 1 is 1.38 bits per heavy atom. The first-order valence-corrected chi connectivity index (χ1v) is 5.73. The molecule has 1 aromatic carbocycles. The Balaban J connectivity index is 2.07. The summed E-state index contributed by atoms with van der Waals surface area (Å²) in [5.41, 5.74) is 2.40. The second-order valence-corrected chi connectivity index (χ2v) is 4.34. The average Bonchev–Trinajstić information content (AvgIpc) is 2.66. The van der Waals surface area contributed by atoms with E-state index in [1.165, 1.54) is 11.6 Å². The number of hydrogen-bond acceptors (Lipinski definition) is 1. The molecule has 1 aliphatic rings. The number of allylic oxidation sites excluding steroid dienone is 1. The first-order chi connectivity index (χ1) is 7.75. The summed E-state index contributed by atoms with van der Waals surface area (Å²) in [6.45, 7) is 0. The molecular weight excluding hydrogens is 200 g/mol. The number of carbonyl (C=O) groups is 1. The highest BCUT2D eigenvalue weighted by Gasteiger charge is 2.21. The molecule has 1 atom stereocenters. The highest BCUT2D eigenvalue weighted by molar-refractivity contribution is 5.80. The first kappa shape index (κ1) is 10.9. The van der Waals surface area contributed by atoms with Crippen LogP contribution in [0.5, 0.6) is 0 Å². The van der Waals surface area contributed by atoms with Crippen LogP contribution in [0.2, 0.25) is 0 Å². The van der Waals surface area contributed by atoms with Crippen molar-refractivity contribution >= 4 is 5.97 Å². The lowest BCUT2D eigenvalue weighted by molar-refractivity contribution is -0.131. The molecule has 2 nitrogen and oxygen atoms in total. The van der Waals surface area contributed by atoms with Gasteiger partial charge in [0.15, 0.2) is 0 Å². The van der Waals surface area contributed by atoms with E-state index in [1.807, 2.05) is 18.2 Å². The fraction of sp³-hybridized carbons (Fsp3) is 0.357. The Morgan fingerprint density at radius 2 is 2.12 bits per heavy atom. The fourth-order valence-electron chi connectivity index (χ4n) is 2.42. The van der Waals surface area contributed by atoms with Crippen LogP contribution in [-0.4, -0.2) is 11.1 Å². The third kappa shape index (κ3) is 2.72. The summed E-state index contributed by atoms with van der Waals surface area (Å²) in [6, 6.07) is 10.3. The van der Waals surface area contributed by atoms with Crippen LogP contribution < -0.4 is 0 Å². The van der Waals surface area contributed by atoms with Gasteiger partial charge >= 0.3 is 5.97 Å². The van der Waals surface area contributed by atoms with Crippen molar-refractivity contribution in [3.8, 4) is 0 Å². The summed E-state index contributed by atoms with van der Waals surface area (Å²) in [4.78, 5) is 10.7. The summed E-state index contributed by atoms with van der Waals surface area (Å²) in [5, 5.41) is 8.78. The van der Waals surface area contributed by atoms with E-state index in [0.29, 0.717) is 5.92 Å². The predicted molar refractivity (Wildman–Crippen MR) is 63.2 cm³/mol. The van der Waals surface area contributed by atoms with Crippen molar-refractivity contribution in [2.75, 3.05) is 0 Å². The molecule has 2 rings (SSSR count). The van der Waals surface area contributed by atoms with Gasteiger partial charge in [0.05, 0.1) is 0 Å². The molecular formula is C14H16O2. The molecule has 0 radical (unpaired) electrons. The van der Waals surface area contributed by atoms with Crippen LogP contribution >= 0.6 is 0 Å². The summed E-state index contributed by atoms with van der Waals surface area (Å²) in [5.74, 6) is -0.381. The number of rotatable bonds is 3. The molecule has 1 N–H and O–H groups in total. The fourth-order valence-corrected chi connectivity index (χ4v) is 2.42. The topological polar surface area (TPSA) is 37.3 Å². The molecule has 0 saturated heterocycles. The van der Waals surface area contributed by atoms with Gasteiger partial charge in [-0.05, 0) is 37.2 Å². The molecule has 0 bridgehead atoms. The van der Waals surface area contributed by atoms with Crippen LogP contribution in [-0.2, 0) is 11.2 Å². The van der Waals surface area contributed by atoms with E-state index in [4.69, 9.17) is 5.11 Å². The Labute approximate surface area is 95.6 Å². The van der Waals surface area contributed by atoms with Gasteiger partial charge in [-0.1, -0.05) is 35.9 Å². The van der Waals surface area contributed by atoms with Gasteiger partial charge < -0.3 is 5.11 Å². The Morgan fingerprint density at radius 3 is 2.81 bits per heavy atom. The van der Waals surface area contributed by atoms with E-state index in [0.717, 1.165) is 31.3 Å². The van der Waals surface area contributed by atoms with Gasteiger partial charge in [0, 0.05) is 6.08 Å². The molecule has 0 heterocycles. The molecule has 84 valence electrons. The molecule has 16 heavy (non-hydrogen) atoms. The van der Waals surface area contributed by atoms with Crippen molar-refractivity contribution in [2.45, 2.75) is 25.7 Å². The van der Waals surface area contributed by atoms with Crippen molar-refractivity contribution in [3.63, 3.8) is 0 Å². The van der Waals surface area contributed by atoms with Crippen LogP contribution in [0.1, 0.15) is 24.8 Å². The summed E-state index contributed by atoms with van der Waals surface area (Å²) >= 11 is 0. The van der Waals surface area contributed by atoms with E-state index in [1.54, 1.807) is 0 Å². The molecule has 1 fully saturated rings. The third-order valence-electron chi connectivity index (χ3n) is 3.18. The molecule has 1 unspecified atom stereocenters. The van der Waals surface area contributed by atoms with Crippen molar-refractivity contribution in [3.05, 3.63) is 47.5 Å². The minimum Gasteiger partial charge on any atom is -0.478 e. The maximum Gasteiger partial charge on any atom is 0.328 e. The SMILES string of the molecule is O=C(O)/C=C1\CCCC1Cc1ccccc1. The van der Waals surface area contributed by atoms with E-state index >= 15 is 0 Å². The highest BCUT2D eigenvalue weighted by Crippen LogP contribution is 2.33. The Kier molecular flexibility index (Phi) is 3.40. The van der Waals surface area contributed by atoms with Crippen LogP contribution in [0.15, 0.2) is 42.0 Å². The van der Waals surface area contributed by atoms with Gasteiger partial charge in [0.2, 0.25) is 0 Å². The monoisotopic (exact) mass is 216 g/mol. The van der Waals surface area contributed by atoms with E-state index in [-0.39, 0.29) is 0 Å². The summed E-state index contributed by atoms with van der Waals surface area (Å²) in [6.07, 6.45) is 5.56.